The summed E-state index contributed by atoms with van der Waals surface area (Å²) in [4.78, 5) is 54.4. The molecule has 5 rings (SSSR count). The first-order valence-corrected chi connectivity index (χ1v) is 16.6. The fourth-order valence-electron chi connectivity index (χ4n) is 5.96. The van der Waals surface area contributed by atoms with Crippen molar-refractivity contribution in [1.29, 1.82) is 0 Å². The molecule has 254 valence electrons. The van der Waals surface area contributed by atoms with Gasteiger partial charge in [-0.3, -0.25) is 19.2 Å². The van der Waals surface area contributed by atoms with Crippen molar-refractivity contribution in [2.45, 2.75) is 52.6 Å². The molecule has 0 spiro atoms. The standard InChI is InChI=1S/C42H42N4O4/c1-27-18-28(2)21-35(20-27)43-41(49)37(24-31-12-7-5-8-13-31)45-39(47)33-16-11-17-34(26-33)40(48)46-38(25-32-14-9-6-10-15-32)42(50)44-36-22-29(3)19-30(4)23-36/h5-23,26,37-38H,24-25H2,1-4H3,(H,43,49)(H,44,50)(H,45,47)(H,46,48)/t37-,38-/m0/s1. The lowest BCUT2D eigenvalue weighted by Crippen LogP contribution is -2.46. The van der Waals surface area contributed by atoms with Crippen LogP contribution < -0.4 is 21.3 Å². The maximum atomic E-state index is 13.6. The van der Waals surface area contributed by atoms with Crippen LogP contribution in [0.4, 0.5) is 11.4 Å². The molecule has 0 aliphatic carbocycles. The van der Waals surface area contributed by atoms with Crippen LogP contribution in [0.15, 0.2) is 121 Å². The van der Waals surface area contributed by atoms with E-state index in [1.54, 1.807) is 18.2 Å². The van der Waals surface area contributed by atoms with Crippen molar-refractivity contribution in [1.82, 2.24) is 10.6 Å². The third-order valence-corrected chi connectivity index (χ3v) is 8.17. The van der Waals surface area contributed by atoms with Crippen LogP contribution >= 0.6 is 0 Å². The SMILES string of the molecule is Cc1cc(C)cc(NC(=O)[C@H](Cc2ccccc2)NC(=O)c2cccc(C(=O)N[C@@H](Cc3ccccc3)C(=O)Nc3cc(C)cc(C)c3)c2)c1. The zero-order valence-electron chi connectivity index (χ0n) is 28.7. The quantitative estimate of drug-likeness (QED) is 0.116. The summed E-state index contributed by atoms with van der Waals surface area (Å²) in [5.41, 5.74) is 7.48. The molecule has 5 aromatic carbocycles. The normalized spacial score (nSPS) is 11.9. The van der Waals surface area contributed by atoms with Crippen LogP contribution in [0.3, 0.4) is 0 Å². The van der Waals surface area contributed by atoms with Crippen LogP contribution in [0.2, 0.25) is 0 Å². The summed E-state index contributed by atoms with van der Waals surface area (Å²) < 4.78 is 0. The number of benzene rings is 5. The van der Waals surface area contributed by atoms with Crippen LogP contribution in [0.5, 0.6) is 0 Å². The molecule has 4 amide bonds. The van der Waals surface area contributed by atoms with E-state index in [9.17, 15) is 19.2 Å². The molecule has 0 saturated carbocycles. The number of rotatable bonds is 12. The Labute approximate surface area is 293 Å². The van der Waals surface area contributed by atoms with Crippen LogP contribution in [-0.4, -0.2) is 35.7 Å². The van der Waals surface area contributed by atoms with E-state index in [4.69, 9.17) is 0 Å². The summed E-state index contributed by atoms with van der Waals surface area (Å²) in [5.74, 6) is -1.74. The van der Waals surface area contributed by atoms with E-state index in [0.29, 0.717) is 11.4 Å². The number of hydrogen-bond acceptors (Lipinski definition) is 4. The second kappa shape index (κ2) is 16.4. The van der Waals surface area contributed by atoms with E-state index in [-0.39, 0.29) is 35.8 Å². The van der Waals surface area contributed by atoms with Crippen molar-refractivity contribution in [3.8, 4) is 0 Å². The highest BCUT2D eigenvalue weighted by molar-refractivity contribution is 6.04. The lowest BCUT2D eigenvalue weighted by atomic mass is 10.0. The van der Waals surface area contributed by atoms with Gasteiger partial charge in [0, 0.05) is 35.3 Å². The molecule has 8 nitrogen and oxygen atoms in total. The largest absolute Gasteiger partial charge is 0.340 e. The summed E-state index contributed by atoms with van der Waals surface area (Å²) in [6, 6.07) is 34.9. The fraction of sp³-hybridized carbons (Fsp3) is 0.190. The topological polar surface area (TPSA) is 116 Å². The predicted octanol–water partition coefficient (Wildman–Crippen LogP) is 6.88. The molecule has 0 unspecified atom stereocenters. The summed E-state index contributed by atoms with van der Waals surface area (Å²) in [7, 11) is 0. The number of aryl methyl sites for hydroxylation is 4. The Balaban J connectivity index is 1.33. The van der Waals surface area contributed by atoms with Crippen molar-refractivity contribution in [3.05, 3.63) is 166 Å². The third-order valence-electron chi connectivity index (χ3n) is 8.17. The first-order valence-electron chi connectivity index (χ1n) is 16.6. The molecule has 0 aliphatic rings. The smallest absolute Gasteiger partial charge is 0.251 e. The second-order valence-corrected chi connectivity index (χ2v) is 12.7. The molecule has 2 atom stereocenters. The molecular weight excluding hydrogens is 624 g/mol. The first-order chi connectivity index (χ1) is 24.0. The monoisotopic (exact) mass is 666 g/mol. The van der Waals surface area contributed by atoms with Gasteiger partial charge in [-0.15, -0.1) is 0 Å². The molecule has 0 fully saturated rings. The summed E-state index contributed by atoms with van der Waals surface area (Å²) in [5, 5.41) is 11.7. The van der Waals surface area contributed by atoms with E-state index in [2.05, 4.69) is 21.3 Å². The van der Waals surface area contributed by atoms with Gasteiger partial charge in [-0.2, -0.15) is 0 Å². The van der Waals surface area contributed by atoms with E-state index in [0.717, 1.165) is 33.4 Å². The van der Waals surface area contributed by atoms with Gasteiger partial charge in [0.05, 0.1) is 0 Å². The van der Waals surface area contributed by atoms with Gasteiger partial charge in [-0.25, -0.2) is 0 Å². The highest BCUT2D eigenvalue weighted by Gasteiger charge is 2.25. The first kappa shape index (κ1) is 35.3. The van der Waals surface area contributed by atoms with Crippen molar-refractivity contribution >= 4 is 35.0 Å². The van der Waals surface area contributed by atoms with Gasteiger partial charge in [0.1, 0.15) is 12.1 Å². The molecule has 0 heterocycles. The summed E-state index contributed by atoms with van der Waals surface area (Å²) in [6.45, 7) is 7.82. The average molecular weight is 667 g/mol. The summed E-state index contributed by atoms with van der Waals surface area (Å²) in [6.07, 6.45) is 0.528. The third kappa shape index (κ3) is 10.00. The Kier molecular flexibility index (Phi) is 11.6. The zero-order valence-corrected chi connectivity index (χ0v) is 28.7. The molecule has 0 radical (unpaired) electrons. The van der Waals surface area contributed by atoms with E-state index >= 15 is 0 Å². The van der Waals surface area contributed by atoms with Crippen molar-refractivity contribution < 1.29 is 19.2 Å². The molecule has 8 heteroatoms. The number of anilines is 2. The number of amides is 4. The van der Waals surface area contributed by atoms with Gasteiger partial charge in [0.25, 0.3) is 11.8 Å². The fourth-order valence-corrected chi connectivity index (χ4v) is 5.96. The number of carbonyl (C=O) groups is 4. The Morgan fingerprint density at radius 2 is 0.820 bits per heavy atom. The van der Waals surface area contributed by atoms with Crippen LogP contribution in [0, 0.1) is 27.7 Å². The molecule has 0 bridgehead atoms. The number of hydrogen-bond donors (Lipinski definition) is 4. The molecule has 0 saturated heterocycles. The van der Waals surface area contributed by atoms with Crippen molar-refractivity contribution in [3.63, 3.8) is 0 Å². The van der Waals surface area contributed by atoms with Gasteiger partial charge in [-0.05, 0) is 104 Å². The van der Waals surface area contributed by atoms with E-state index < -0.39 is 23.9 Å². The molecule has 50 heavy (non-hydrogen) atoms. The minimum absolute atomic E-state index is 0.203. The van der Waals surface area contributed by atoms with Crippen LogP contribution in [0.25, 0.3) is 0 Å². The average Bonchev–Trinajstić information content (AvgIpc) is 3.07. The van der Waals surface area contributed by atoms with Crippen LogP contribution in [-0.2, 0) is 22.4 Å². The Morgan fingerprint density at radius 3 is 1.18 bits per heavy atom. The second-order valence-electron chi connectivity index (χ2n) is 12.7. The lowest BCUT2D eigenvalue weighted by molar-refractivity contribution is -0.118. The van der Waals surface area contributed by atoms with E-state index in [1.165, 1.54) is 6.07 Å². The molecule has 5 aromatic rings. The minimum atomic E-state index is -0.896. The minimum Gasteiger partial charge on any atom is -0.340 e. The van der Waals surface area contributed by atoms with Gasteiger partial charge >= 0.3 is 0 Å². The Hall–Kier alpha value is -6.02. The summed E-state index contributed by atoms with van der Waals surface area (Å²) >= 11 is 0. The van der Waals surface area contributed by atoms with Gasteiger partial charge in [0.2, 0.25) is 11.8 Å². The maximum Gasteiger partial charge on any atom is 0.251 e. The maximum absolute atomic E-state index is 13.6. The van der Waals surface area contributed by atoms with Gasteiger partial charge in [-0.1, -0.05) is 78.9 Å². The molecule has 4 N–H and O–H groups in total. The van der Waals surface area contributed by atoms with Gasteiger partial charge in [0.15, 0.2) is 0 Å². The lowest BCUT2D eigenvalue weighted by Gasteiger charge is -2.20. The van der Waals surface area contributed by atoms with Gasteiger partial charge < -0.3 is 21.3 Å². The molecule has 0 aromatic heterocycles. The number of nitrogens with one attached hydrogen (secondary N) is 4. The predicted molar refractivity (Wildman–Crippen MR) is 198 cm³/mol. The van der Waals surface area contributed by atoms with E-state index in [1.807, 2.05) is 125 Å². The zero-order chi connectivity index (χ0) is 35.6. The molecule has 0 aliphatic heterocycles. The van der Waals surface area contributed by atoms with Crippen molar-refractivity contribution in [2.24, 2.45) is 0 Å². The van der Waals surface area contributed by atoms with Crippen molar-refractivity contribution in [2.75, 3.05) is 10.6 Å². The highest BCUT2D eigenvalue weighted by atomic mass is 16.2. The Morgan fingerprint density at radius 1 is 0.460 bits per heavy atom. The Bertz CT molecular complexity index is 1810. The highest BCUT2D eigenvalue weighted by Crippen LogP contribution is 2.17. The molecular formula is C42H42N4O4. The number of carbonyl (C=O) groups excluding carboxylic acids is 4. The van der Waals surface area contributed by atoms with Crippen LogP contribution in [0.1, 0.15) is 54.1 Å².